The lowest BCUT2D eigenvalue weighted by atomic mass is 9.93. The van der Waals surface area contributed by atoms with Gasteiger partial charge >= 0.3 is 5.69 Å². The van der Waals surface area contributed by atoms with E-state index in [0.29, 0.717) is 11.7 Å². The number of H-pyrrole nitrogens is 1. The molecule has 0 bridgehead atoms. The average Bonchev–Trinajstić information content (AvgIpc) is 3.33. The number of rotatable bonds is 4. The smallest absolute Gasteiger partial charge is 0.311 e. The first-order chi connectivity index (χ1) is 12.2. The second kappa shape index (κ2) is 6.39. The molecular weight excluding hydrogens is 322 g/mol. The Morgan fingerprint density at radius 3 is 2.84 bits per heavy atom. The normalized spacial score (nSPS) is 15.4. The van der Waals surface area contributed by atoms with Crippen molar-refractivity contribution in [1.82, 2.24) is 15.2 Å². The lowest BCUT2D eigenvalue weighted by Gasteiger charge is -2.31. The van der Waals surface area contributed by atoms with Gasteiger partial charge in [0.05, 0.1) is 11.2 Å². The van der Waals surface area contributed by atoms with Crippen molar-refractivity contribution >= 4 is 11.5 Å². The summed E-state index contributed by atoms with van der Waals surface area (Å²) in [6, 6.07) is 8.82. The highest BCUT2D eigenvalue weighted by Crippen LogP contribution is 2.33. The van der Waals surface area contributed by atoms with Gasteiger partial charge in [0, 0.05) is 37.0 Å². The van der Waals surface area contributed by atoms with Gasteiger partial charge in [0.15, 0.2) is 5.76 Å². The Morgan fingerprint density at radius 2 is 2.12 bits per heavy atom. The fourth-order valence-corrected chi connectivity index (χ4v) is 3.27. The number of pyridine rings is 1. The third-order valence-corrected chi connectivity index (χ3v) is 4.57. The summed E-state index contributed by atoms with van der Waals surface area (Å²) in [5, 5.41) is 18.6. The van der Waals surface area contributed by atoms with Crippen molar-refractivity contribution in [3.05, 3.63) is 58.6 Å². The van der Waals surface area contributed by atoms with Crippen LogP contribution in [0.25, 0.3) is 11.5 Å². The van der Waals surface area contributed by atoms with Gasteiger partial charge in [-0.25, -0.2) is 4.98 Å². The van der Waals surface area contributed by atoms with E-state index in [4.69, 9.17) is 4.42 Å². The van der Waals surface area contributed by atoms with Crippen LogP contribution in [-0.4, -0.2) is 33.2 Å². The molecule has 1 aliphatic rings. The monoisotopic (exact) mass is 339 g/mol. The summed E-state index contributed by atoms with van der Waals surface area (Å²) in [5.41, 5.74) is 1.92. The van der Waals surface area contributed by atoms with E-state index >= 15 is 0 Å². The molecule has 25 heavy (non-hydrogen) atoms. The number of nitro groups is 1. The summed E-state index contributed by atoms with van der Waals surface area (Å²) in [6.45, 7) is 1.44. The molecule has 8 nitrogen and oxygen atoms in total. The highest BCUT2D eigenvalue weighted by atomic mass is 16.6. The maximum atomic E-state index is 11.2. The number of aromatic amines is 1. The molecule has 0 unspecified atom stereocenters. The van der Waals surface area contributed by atoms with Gasteiger partial charge in [-0.2, -0.15) is 5.10 Å². The number of anilines is 1. The van der Waals surface area contributed by atoms with Crippen molar-refractivity contribution in [2.24, 2.45) is 0 Å². The van der Waals surface area contributed by atoms with Crippen molar-refractivity contribution in [3.8, 4) is 11.5 Å². The van der Waals surface area contributed by atoms with Gasteiger partial charge in [-0.15, -0.1) is 0 Å². The first-order valence-electron chi connectivity index (χ1n) is 8.16. The standard InChI is InChI=1S/C17H17N5O3/c23-22(24)15-3-1-7-18-17(15)21-8-5-12(6-9-21)13-11-14(20-19-13)16-4-2-10-25-16/h1-4,7,10-12H,5-6,8-9H2,(H,19,20). The Morgan fingerprint density at radius 1 is 1.28 bits per heavy atom. The van der Waals surface area contributed by atoms with E-state index in [1.165, 1.54) is 6.07 Å². The van der Waals surface area contributed by atoms with E-state index in [1.807, 2.05) is 23.1 Å². The molecule has 128 valence electrons. The molecule has 8 heteroatoms. The predicted molar refractivity (Wildman–Crippen MR) is 91.4 cm³/mol. The number of nitrogens with zero attached hydrogens (tertiary/aromatic N) is 4. The van der Waals surface area contributed by atoms with Crippen LogP contribution in [0.1, 0.15) is 24.5 Å². The van der Waals surface area contributed by atoms with Crippen LogP contribution in [0.5, 0.6) is 0 Å². The molecule has 0 aromatic carbocycles. The van der Waals surface area contributed by atoms with Crippen LogP contribution >= 0.6 is 0 Å². The minimum absolute atomic E-state index is 0.0580. The summed E-state index contributed by atoms with van der Waals surface area (Å²) in [7, 11) is 0. The topological polar surface area (TPSA) is 101 Å². The van der Waals surface area contributed by atoms with Crippen molar-refractivity contribution in [3.63, 3.8) is 0 Å². The third-order valence-electron chi connectivity index (χ3n) is 4.57. The zero-order valence-corrected chi connectivity index (χ0v) is 13.5. The highest BCUT2D eigenvalue weighted by Gasteiger charge is 2.27. The Hall–Kier alpha value is -3.16. The SMILES string of the molecule is O=[N+]([O-])c1cccnc1N1CCC(c2cc(-c3ccco3)n[nH]2)CC1. The molecule has 0 amide bonds. The van der Waals surface area contributed by atoms with E-state index in [-0.39, 0.29) is 10.6 Å². The van der Waals surface area contributed by atoms with Crippen LogP contribution in [-0.2, 0) is 0 Å². The van der Waals surface area contributed by atoms with E-state index in [9.17, 15) is 10.1 Å². The van der Waals surface area contributed by atoms with Crippen molar-refractivity contribution in [2.75, 3.05) is 18.0 Å². The molecule has 0 aliphatic carbocycles. The van der Waals surface area contributed by atoms with Crippen LogP contribution < -0.4 is 4.90 Å². The summed E-state index contributed by atoms with van der Waals surface area (Å²) in [4.78, 5) is 17.0. The van der Waals surface area contributed by atoms with Gasteiger partial charge in [-0.3, -0.25) is 15.2 Å². The molecular formula is C17H17N5O3. The first kappa shape index (κ1) is 15.4. The molecule has 3 aromatic heterocycles. The Kier molecular flexibility index (Phi) is 3.93. The van der Waals surface area contributed by atoms with Gasteiger partial charge in [0.1, 0.15) is 5.69 Å². The van der Waals surface area contributed by atoms with Gasteiger partial charge in [-0.05, 0) is 37.1 Å². The minimum Gasteiger partial charge on any atom is -0.463 e. The molecule has 1 saturated heterocycles. The summed E-state index contributed by atoms with van der Waals surface area (Å²) >= 11 is 0. The van der Waals surface area contributed by atoms with E-state index < -0.39 is 0 Å². The summed E-state index contributed by atoms with van der Waals surface area (Å²) in [5.74, 6) is 1.53. The summed E-state index contributed by atoms with van der Waals surface area (Å²) < 4.78 is 5.37. The van der Waals surface area contributed by atoms with Crippen LogP contribution in [0.15, 0.2) is 47.2 Å². The maximum Gasteiger partial charge on any atom is 0.311 e. The molecule has 1 aliphatic heterocycles. The maximum absolute atomic E-state index is 11.2. The molecule has 4 rings (SSSR count). The van der Waals surface area contributed by atoms with Crippen LogP contribution in [0.3, 0.4) is 0 Å². The molecule has 4 heterocycles. The number of hydrogen-bond acceptors (Lipinski definition) is 6. The molecule has 3 aromatic rings. The third kappa shape index (κ3) is 2.98. The molecule has 0 radical (unpaired) electrons. The fourth-order valence-electron chi connectivity index (χ4n) is 3.27. The molecule has 0 spiro atoms. The minimum atomic E-state index is -0.376. The summed E-state index contributed by atoms with van der Waals surface area (Å²) in [6.07, 6.45) is 4.99. The van der Waals surface area contributed by atoms with Gasteiger partial charge in [0.25, 0.3) is 0 Å². The van der Waals surface area contributed by atoms with Crippen molar-refractivity contribution in [2.45, 2.75) is 18.8 Å². The lowest BCUT2D eigenvalue weighted by Crippen LogP contribution is -2.34. The number of furan rings is 1. The zero-order valence-electron chi connectivity index (χ0n) is 13.5. The Balaban J connectivity index is 1.46. The number of aromatic nitrogens is 3. The van der Waals surface area contributed by atoms with Crippen LogP contribution in [0.2, 0.25) is 0 Å². The Labute approximate surface area is 143 Å². The van der Waals surface area contributed by atoms with E-state index in [1.54, 1.807) is 18.5 Å². The average molecular weight is 339 g/mol. The quantitative estimate of drug-likeness (QED) is 0.578. The zero-order chi connectivity index (χ0) is 17.2. The second-order valence-electron chi connectivity index (χ2n) is 6.05. The van der Waals surface area contributed by atoms with Gasteiger partial charge < -0.3 is 9.32 Å². The van der Waals surface area contributed by atoms with Crippen LogP contribution in [0.4, 0.5) is 11.5 Å². The molecule has 1 fully saturated rings. The van der Waals surface area contributed by atoms with Gasteiger partial charge in [-0.1, -0.05) is 0 Å². The van der Waals surface area contributed by atoms with Gasteiger partial charge in [0.2, 0.25) is 5.82 Å². The largest absolute Gasteiger partial charge is 0.463 e. The number of nitrogens with one attached hydrogen (secondary N) is 1. The first-order valence-corrected chi connectivity index (χ1v) is 8.16. The predicted octanol–water partition coefficient (Wildman–Crippen LogP) is 3.36. The molecule has 0 atom stereocenters. The number of piperidine rings is 1. The van der Waals surface area contributed by atoms with E-state index in [0.717, 1.165) is 43.1 Å². The second-order valence-corrected chi connectivity index (χ2v) is 6.05. The van der Waals surface area contributed by atoms with E-state index in [2.05, 4.69) is 15.2 Å². The fraction of sp³-hybridized carbons (Fsp3) is 0.294. The Bertz CT molecular complexity index is 866. The van der Waals surface area contributed by atoms with Crippen molar-refractivity contribution in [1.29, 1.82) is 0 Å². The lowest BCUT2D eigenvalue weighted by molar-refractivity contribution is -0.384. The highest BCUT2D eigenvalue weighted by molar-refractivity contribution is 5.57. The molecule has 0 saturated carbocycles. The van der Waals surface area contributed by atoms with Crippen LogP contribution in [0, 0.1) is 10.1 Å². The molecule has 1 N–H and O–H groups in total. The number of hydrogen-bond donors (Lipinski definition) is 1. The van der Waals surface area contributed by atoms with Crippen molar-refractivity contribution < 1.29 is 9.34 Å².